The van der Waals surface area contributed by atoms with Gasteiger partial charge in [-0.15, -0.1) is 0 Å². The summed E-state index contributed by atoms with van der Waals surface area (Å²) in [5, 5.41) is 0. The molecule has 0 aromatic heterocycles. The van der Waals surface area contributed by atoms with Crippen LogP contribution >= 0.6 is 0 Å². The van der Waals surface area contributed by atoms with Crippen LogP contribution in [0, 0.1) is 0 Å². The summed E-state index contributed by atoms with van der Waals surface area (Å²) in [6, 6.07) is 0.0586. The van der Waals surface area contributed by atoms with Gasteiger partial charge in [-0.1, -0.05) is 0 Å². The topological polar surface area (TPSA) is 69.4 Å². The summed E-state index contributed by atoms with van der Waals surface area (Å²) >= 11 is 0. The molecule has 0 aliphatic carbocycles. The molecule has 4 nitrogen and oxygen atoms in total. The lowest BCUT2D eigenvalue weighted by molar-refractivity contribution is 0.139. The maximum atomic E-state index is 10.8. The van der Waals surface area contributed by atoms with E-state index in [1.807, 2.05) is 6.92 Å². The summed E-state index contributed by atoms with van der Waals surface area (Å²) in [7, 11) is -2.83. The average molecular weight is 223 g/mol. The number of rotatable bonds is 8. The van der Waals surface area contributed by atoms with E-state index in [0.717, 1.165) is 12.8 Å². The van der Waals surface area contributed by atoms with E-state index in [1.54, 1.807) is 0 Å². The minimum absolute atomic E-state index is 0.0586. The van der Waals surface area contributed by atoms with Crippen LogP contribution in [0.4, 0.5) is 0 Å². The van der Waals surface area contributed by atoms with Crippen LogP contribution in [0.15, 0.2) is 0 Å². The van der Waals surface area contributed by atoms with Gasteiger partial charge in [-0.05, 0) is 26.2 Å². The lowest BCUT2D eigenvalue weighted by Gasteiger charge is -2.10. The average Bonchev–Trinajstić information content (AvgIpc) is 2.02. The fourth-order valence-electron chi connectivity index (χ4n) is 1.13. The first kappa shape index (κ1) is 13.9. The van der Waals surface area contributed by atoms with Crippen molar-refractivity contribution in [3.8, 4) is 0 Å². The molecule has 0 aromatic carbocycles. The van der Waals surface area contributed by atoms with Crippen LogP contribution in [-0.2, 0) is 14.6 Å². The van der Waals surface area contributed by atoms with Crippen molar-refractivity contribution in [2.24, 2.45) is 5.73 Å². The Hall–Kier alpha value is -0.130. The van der Waals surface area contributed by atoms with Crippen LogP contribution in [0.3, 0.4) is 0 Å². The van der Waals surface area contributed by atoms with E-state index in [-0.39, 0.29) is 11.8 Å². The summed E-state index contributed by atoms with van der Waals surface area (Å²) in [6.45, 7) is 3.31. The summed E-state index contributed by atoms with van der Waals surface area (Å²) in [5.74, 6) is 0.231. The highest BCUT2D eigenvalue weighted by atomic mass is 32.2. The molecule has 5 heteroatoms. The first-order valence-electron chi connectivity index (χ1n) is 4.96. The first-order valence-corrected chi connectivity index (χ1v) is 7.03. The zero-order valence-corrected chi connectivity index (χ0v) is 9.85. The Morgan fingerprint density at radius 2 is 2.00 bits per heavy atom. The third-order valence-electron chi connectivity index (χ3n) is 1.93. The molecule has 0 bridgehead atoms. The second-order valence-corrected chi connectivity index (χ2v) is 5.78. The van der Waals surface area contributed by atoms with E-state index < -0.39 is 9.84 Å². The standard InChI is InChI=1S/C9H21NO3S/c1-3-13-7-6-9(10)5-4-8-14(2,11)12/h9H,3-8,10H2,1-2H3. The number of nitrogens with two attached hydrogens (primary N) is 1. The molecule has 0 saturated heterocycles. The molecule has 0 aliphatic rings. The van der Waals surface area contributed by atoms with Crippen molar-refractivity contribution in [1.82, 2.24) is 0 Å². The van der Waals surface area contributed by atoms with Gasteiger partial charge >= 0.3 is 0 Å². The highest BCUT2D eigenvalue weighted by Crippen LogP contribution is 2.01. The summed E-state index contributed by atoms with van der Waals surface area (Å²) < 4.78 is 26.8. The number of ether oxygens (including phenoxy) is 1. The number of hydrogen-bond donors (Lipinski definition) is 1. The molecule has 2 N–H and O–H groups in total. The van der Waals surface area contributed by atoms with Gasteiger partial charge in [-0.3, -0.25) is 0 Å². The van der Waals surface area contributed by atoms with Crippen molar-refractivity contribution in [3.63, 3.8) is 0 Å². The van der Waals surface area contributed by atoms with Crippen LogP contribution in [0.25, 0.3) is 0 Å². The van der Waals surface area contributed by atoms with Gasteiger partial charge in [0.05, 0.1) is 0 Å². The second kappa shape index (κ2) is 7.20. The molecule has 0 saturated carbocycles. The number of sulfone groups is 1. The normalized spacial score (nSPS) is 14.2. The maximum Gasteiger partial charge on any atom is 0.147 e. The highest BCUT2D eigenvalue weighted by Gasteiger charge is 2.06. The fraction of sp³-hybridized carbons (Fsp3) is 1.00. The van der Waals surface area contributed by atoms with Crippen molar-refractivity contribution in [2.45, 2.75) is 32.2 Å². The fourth-order valence-corrected chi connectivity index (χ4v) is 1.82. The summed E-state index contributed by atoms with van der Waals surface area (Å²) in [5.41, 5.74) is 5.77. The van der Waals surface area contributed by atoms with Crippen LogP contribution in [0.2, 0.25) is 0 Å². The van der Waals surface area contributed by atoms with Gasteiger partial charge in [-0.2, -0.15) is 0 Å². The van der Waals surface area contributed by atoms with E-state index >= 15 is 0 Å². The van der Waals surface area contributed by atoms with Gasteiger partial charge in [-0.25, -0.2) is 8.42 Å². The highest BCUT2D eigenvalue weighted by molar-refractivity contribution is 7.90. The van der Waals surface area contributed by atoms with E-state index in [0.29, 0.717) is 19.6 Å². The number of hydrogen-bond acceptors (Lipinski definition) is 4. The van der Waals surface area contributed by atoms with Crippen molar-refractivity contribution >= 4 is 9.84 Å². The quantitative estimate of drug-likeness (QED) is 0.611. The molecule has 0 radical (unpaired) electrons. The predicted molar refractivity (Wildman–Crippen MR) is 58.0 cm³/mol. The Kier molecular flexibility index (Phi) is 7.13. The van der Waals surface area contributed by atoms with Gasteiger partial charge in [0.25, 0.3) is 0 Å². The van der Waals surface area contributed by atoms with Crippen molar-refractivity contribution in [2.75, 3.05) is 25.2 Å². The second-order valence-electron chi connectivity index (χ2n) is 3.52. The Bertz CT molecular complexity index is 226. The summed E-state index contributed by atoms with van der Waals surface area (Å²) in [4.78, 5) is 0. The molecule has 0 aliphatic heterocycles. The molecular formula is C9H21NO3S. The zero-order valence-electron chi connectivity index (χ0n) is 9.03. The lowest BCUT2D eigenvalue weighted by Crippen LogP contribution is -2.22. The Morgan fingerprint density at radius 3 is 2.50 bits per heavy atom. The smallest absolute Gasteiger partial charge is 0.147 e. The van der Waals surface area contributed by atoms with E-state index in [1.165, 1.54) is 6.26 Å². The van der Waals surface area contributed by atoms with Crippen LogP contribution in [0.5, 0.6) is 0 Å². The summed E-state index contributed by atoms with van der Waals surface area (Å²) in [6.07, 6.45) is 3.45. The molecule has 0 amide bonds. The van der Waals surface area contributed by atoms with Gasteiger partial charge in [0.2, 0.25) is 0 Å². The molecule has 0 aromatic rings. The molecule has 86 valence electrons. The first-order chi connectivity index (χ1) is 6.45. The van der Waals surface area contributed by atoms with Crippen LogP contribution in [-0.4, -0.2) is 39.7 Å². The molecule has 0 fully saturated rings. The third kappa shape index (κ3) is 9.95. The van der Waals surface area contributed by atoms with Crippen molar-refractivity contribution in [1.29, 1.82) is 0 Å². The van der Waals surface area contributed by atoms with Gasteiger partial charge in [0.1, 0.15) is 9.84 Å². The minimum Gasteiger partial charge on any atom is -0.382 e. The van der Waals surface area contributed by atoms with Crippen LogP contribution < -0.4 is 5.73 Å². The molecule has 14 heavy (non-hydrogen) atoms. The SMILES string of the molecule is CCOCCC(N)CCCS(C)(=O)=O. The predicted octanol–water partition coefficient (Wildman–Crippen LogP) is 0.565. The zero-order chi connectivity index (χ0) is 11.0. The van der Waals surface area contributed by atoms with Crippen molar-refractivity contribution < 1.29 is 13.2 Å². The largest absolute Gasteiger partial charge is 0.382 e. The third-order valence-corrected chi connectivity index (χ3v) is 2.96. The van der Waals surface area contributed by atoms with Gasteiger partial charge in [0.15, 0.2) is 0 Å². The monoisotopic (exact) mass is 223 g/mol. The molecule has 0 spiro atoms. The van der Waals surface area contributed by atoms with Crippen molar-refractivity contribution in [3.05, 3.63) is 0 Å². The van der Waals surface area contributed by atoms with Gasteiger partial charge < -0.3 is 10.5 Å². The minimum atomic E-state index is -2.83. The Morgan fingerprint density at radius 1 is 1.36 bits per heavy atom. The van der Waals surface area contributed by atoms with E-state index in [4.69, 9.17) is 10.5 Å². The molecule has 0 heterocycles. The van der Waals surface area contributed by atoms with Gasteiger partial charge in [0, 0.05) is 31.3 Å². The lowest BCUT2D eigenvalue weighted by atomic mass is 10.1. The molecule has 0 rings (SSSR count). The molecule has 1 unspecified atom stereocenters. The van der Waals surface area contributed by atoms with E-state index in [9.17, 15) is 8.42 Å². The molecule has 1 atom stereocenters. The maximum absolute atomic E-state index is 10.8. The van der Waals surface area contributed by atoms with E-state index in [2.05, 4.69) is 0 Å². The Labute approximate surface area is 86.7 Å². The van der Waals surface area contributed by atoms with Crippen LogP contribution in [0.1, 0.15) is 26.2 Å². The molecular weight excluding hydrogens is 202 g/mol. The Balaban J connectivity index is 3.40.